The average Bonchev–Trinajstić information content (AvgIpc) is 3.63. The van der Waals surface area contributed by atoms with E-state index in [1.165, 1.54) is 59.0 Å². The summed E-state index contributed by atoms with van der Waals surface area (Å²) in [6.45, 7) is 7.57. The molecule has 274 valence electrons. The third kappa shape index (κ3) is 4.39. The molecule has 3 fully saturated rings. The molecule has 1 spiro atoms. The normalized spacial score (nSPS) is 25.5. The van der Waals surface area contributed by atoms with E-state index in [1.807, 2.05) is 0 Å². The Labute approximate surface area is 329 Å². The highest BCUT2D eigenvalue weighted by atomic mass is 16.3. The van der Waals surface area contributed by atoms with Gasteiger partial charge in [-0.2, -0.15) is 0 Å². The van der Waals surface area contributed by atoms with Crippen molar-refractivity contribution in [1.82, 2.24) is 0 Å². The number of furan rings is 1. The van der Waals surface area contributed by atoms with Crippen LogP contribution in [0.15, 0.2) is 156 Å². The van der Waals surface area contributed by atoms with Crippen LogP contribution in [0.3, 0.4) is 0 Å². The van der Waals surface area contributed by atoms with Crippen LogP contribution in [0, 0.1) is 23.7 Å². The van der Waals surface area contributed by atoms with Crippen LogP contribution in [0.25, 0.3) is 43.8 Å². The van der Waals surface area contributed by atoms with Gasteiger partial charge in [-0.25, -0.2) is 0 Å². The largest absolute Gasteiger partial charge is 0.455 e. The first-order chi connectivity index (χ1) is 27.4. The Hall–Kier alpha value is -5.60. The van der Waals surface area contributed by atoms with Gasteiger partial charge in [0.15, 0.2) is 0 Å². The zero-order chi connectivity index (χ0) is 37.3. The topological polar surface area (TPSA) is 16.4 Å². The van der Waals surface area contributed by atoms with Crippen molar-refractivity contribution >= 4 is 49.8 Å². The van der Waals surface area contributed by atoms with E-state index >= 15 is 0 Å². The van der Waals surface area contributed by atoms with Gasteiger partial charge in [0.2, 0.25) is 0 Å². The smallest absolute Gasteiger partial charge is 0.143 e. The fraction of sp³-hybridized carbons (Fsp3) is 0.259. The van der Waals surface area contributed by atoms with Crippen molar-refractivity contribution in [1.29, 1.82) is 0 Å². The van der Waals surface area contributed by atoms with Gasteiger partial charge in [0.05, 0.1) is 5.69 Å². The Morgan fingerprint density at radius 3 is 2.27 bits per heavy atom. The highest BCUT2D eigenvalue weighted by molar-refractivity contribution is 6.09. The van der Waals surface area contributed by atoms with Crippen LogP contribution >= 0.6 is 0 Å². The van der Waals surface area contributed by atoms with Crippen molar-refractivity contribution in [3.8, 4) is 11.1 Å². The van der Waals surface area contributed by atoms with E-state index in [4.69, 9.17) is 4.42 Å². The van der Waals surface area contributed by atoms with E-state index in [9.17, 15) is 0 Å². The van der Waals surface area contributed by atoms with E-state index in [1.54, 1.807) is 11.1 Å². The molecule has 1 heterocycles. The maximum absolute atomic E-state index is 6.57. The summed E-state index contributed by atoms with van der Waals surface area (Å²) in [7, 11) is 0. The molecule has 0 saturated heterocycles. The average molecular weight is 726 g/mol. The summed E-state index contributed by atoms with van der Waals surface area (Å²) < 4.78 is 6.57. The van der Waals surface area contributed by atoms with Gasteiger partial charge < -0.3 is 9.32 Å². The molecule has 2 nitrogen and oxygen atoms in total. The predicted octanol–water partition coefficient (Wildman–Crippen LogP) is 14.6. The summed E-state index contributed by atoms with van der Waals surface area (Å²) in [6, 6.07) is 56.9. The number of benzene rings is 7. The van der Waals surface area contributed by atoms with E-state index in [0.717, 1.165) is 62.4 Å². The van der Waals surface area contributed by atoms with Crippen molar-refractivity contribution in [2.45, 2.75) is 63.2 Å². The molecule has 3 unspecified atom stereocenters. The lowest BCUT2D eigenvalue weighted by Gasteiger charge is -2.53. The SMILES string of the molecule is C[C@@H]1C[C@H]2C[C@H]3CC1CC21c2ccc(N(c4cccc(-c5cccc6c5oc5ccccc56)c4)c4cccc5ccccc45)cc2C(C)(C)c2ccccc2C31. The van der Waals surface area contributed by atoms with Crippen molar-refractivity contribution in [2.75, 3.05) is 4.90 Å². The molecule has 8 aromatic rings. The van der Waals surface area contributed by atoms with Gasteiger partial charge in [-0.15, -0.1) is 0 Å². The van der Waals surface area contributed by atoms with Crippen LogP contribution in [-0.4, -0.2) is 0 Å². The van der Waals surface area contributed by atoms with Crippen LogP contribution in [0.1, 0.15) is 74.6 Å². The van der Waals surface area contributed by atoms with Crippen molar-refractivity contribution in [3.05, 3.63) is 174 Å². The molecule has 0 radical (unpaired) electrons. The first kappa shape index (κ1) is 32.6. The summed E-state index contributed by atoms with van der Waals surface area (Å²) in [5, 5.41) is 4.80. The molecule has 7 aromatic carbocycles. The first-order valence-corrected chi connectivity index (χ1v) is 20.9. The molecule has 0 aliphatic heterocycles. The lowest BCUT2D eigenvalue weighted by Crippen LogP contribution is -2.47. The maximum atomic E-state index is 6.57. The third-order valence-electron chi connectivity index (χ3n) is 15.2. The van der Waals surface area contributed by atoms with Crippen LogP contribution < -0.4 is 4.90 Å². The van der Waals surface area contributed by atoms with Gasteiger partial charge in [0.25, 0.3) is 0 Å². The lowest BCUT2D eigenvalue weighted by molar-refractivity contribution is 0.0677. The van der Waals surface area contributed by atoms with Crippen molar-refractivity contribution in [3.63, 3.8) is 0 Å². The molecule has 4 aliphatic rings. The summed E-state index contributed by atoms with van der Waals surface area (Å²) >= 11 is 0. The van der Waals surface area contributed by atoms with E-state index in [0.29, 0.717) is 5.92 Å². The minimum Gasteiger partial charge on any atom is -0.455 e. The van der Waals surface area contributed by atoms with Gasteiger partial charge in [0, 0.05) is 43.9 Å². The van der Waals surface area contributed by atoms with Crippen LogP contribution in [-0.2, 0) is 10.8 Å². The van der Waals surface area contributed by atoms with Crippen molar-refractivity contribution in [2.24, 2.45) is 23.7 Å². The Balaban J connectivity index is 1.10. The van der Waals surface area contributed by atoms with Gasteiger partial charge in [0.1, 0.15) is 11.2 Å². The maximum Gasteiger partial charge on any atom is 0.143 e. The molecule has 6 atom stereocenters. The molecule has 0 N–H and O–H groups in total. The van der Waals surface area contributed by atoms with E-state index < -0.39 is 0 Å². The molecule has 12 rings (SSSR count). The van der Waals surface area contributed by atoms with Crippen LogP contribution in [0.5, 0.6) is 0 Å². The molecule has 3 saturated carbocycles. The number of hydrogen-bond donors (Lipinski definition) is 0. The monoisotopic (exact) mass is 725 g/mol. The Morgan fingerprint density at radius 2 is 1.34 bits per heavy atom. The second-order valence-electron chi connectivity index (χ2n) is 18.2. The fourth-order valence-electron chi connectivity index (χ4n) is 12.9. The van der Waals surface area contributed by atoms with Crippen LogP contribution in [0.4, 0.5) is 17.1 Å². The summed E-state index contributed by atoms with van der Waals surface area (Å²) in [4.78, 5) is 2.53. The number of hydrogen-bond acceptors (Lipinski definition) is 2. The molecule has 2 heteroatoms. The molecule has 0 amide bonds. The minimum atomic E-state index is -0.151. The summed E-state index contributed by atoms with van der Waals surface area (Å²) in [5.41, 5.74) is 14.0. The van der Waals surface area contributed by atoms with E-state index in [-0.39, 0.29) is 10.8 Å². The molecular formula is C54H47NO. The predicted molar refractivity (Wildman–Crippen MR) is 232 cm³/mol. The highest BCUT2D eigenvalue weighted by Gasteiger charge is 2.65. The summed E-state index contributed by atoms with van der Waals surface area (Å²) in [5.74, 6) is 3.76. The molecule has 3 bridgehead atoms. The molecule has 56 heavy (non-hydrogen) atoms. The molecule has 1 aromatic heterocycles. The second-order valence-corrected chi connectivity index (χ2v) is 18.2. The Morgan fingerprint density at radius 1 is 0.589 bits per heavy atom. The van der Waals surface area contributed by atoms with E-state index in [2.05, 4.69) is 177 Å². The van der Waals surface area contributed by atoms with Gasteiger partial charge >= 0.3 is 0 Å². The first-order valence-electron chi connectivity index (χ1n) is 20.9. The number of para-hydroxylation sites is 2. The van der Waals surface area contributed by atoms with Crippen molar-refractivity contribution < 1.29 is 4.42 Å². The number of anilines is 3. The summed E-state index contributed by atoms with van der Waals surface area (Å²) in [6.07, 6.45) is 5.49. The Bertz CT molecular complexity index is 2870. The number of rotatable bonds is 4. The quantitative estimate of drug-likeness (QED) is 0.180. The number of fused-ring (bicyclic) bond motifs is 7. The third-order valence-corrected chi connectivity index (χ3v) is 15.2. The van der Waals surface area contributed by atoms with Gasteiger partial charge in [-0.3, -0.25) is 0 Å². The Kier molecular flexibility index (Phi) is 6.82. The second kappa shape index (κ2) is 11.7. The standard InChI is InChI=1S/C54H47NO/c1-33-27-38-29-36-28-37(33)32-54(38)47-26-25-40(31-48(47)53(2,3)46-22-8-6-19-45(46)51(36)54)55(49-23-11-14-34-13-4-5-17-41(34)49)39-16-10-15-35(30-39)42-20-12-21-44-43-18-7-9-24-50(43)56-52(42)44/h4-26,30-31,33,36-38,51H,27-29,32H2,1-3H3/t33-,36-,37?,38+,51?,54?/m1/s1. The fourth-order valence-corrected chi connectivity index (χ4v) is 12.9. The van der Waals surface area contributed by atoms with Gasteiger partial charge in [-0.05, 0) is 125 Å². The molecular weight excluding hydrogens is 679 g/mol. The van der Waals surface area contributed by atoms with Crippen LogP contribution in [0.2, 0.25) is 0 Å². The zero-order valence-corrected chi connectivity index (χ0v) is 32.5. The minimum absolute atomic E-state index is 0.151. The van der Waals surface area contributed by atoms with Gasteiger partial charge in [-0.1, -0.05) is 136 Å². The number of nitrogens with zero attached hydrogens (tertiary/aromatic N) is 1. The lowest BCUT2D eigenvalue weighted by atomic mass is 9.50. The molecule has 4 aliphatic carbocycles. The highest BCUT2D eigenvalue weighted by Crippen LogP contribution is 2.72. The zero-order valence-electron chi connectivity index (χ0n) is 32.5.